The topological polar surface area (TPSA) is 58.6 Å². The monoisotopic (exact) mass is 257 g/mol. The van der Waals surface area contributed by atoms with E-state index >= 15 is 0 Å². The minimum absolute atomic E-state index is 0.134. The van der Waals surface area contributed by atoms with Crippen LogP contribution in [-0.4, -0.2) is 18.1 Å². The average Bonchev–Trinajstić information content (AvgIpc) is 2.41. The Kier molecular flexibility index (Phi) is 3.42. The number of phenolic OH excluding ortho intramolecular Hbond substituents is 1. The number of phenols is 1. The third-order valence-corrected chi connectivity index (χ3v) is 2.79. The molecule has 0 aliphatic heterocycles. The van der Waals surface area contributed by atoms with E-state index in [1.54, 1.807) is 26.1 Å². The van der Waals surface area contributed by atoms with Crippen molar-refractivity contribution >= 4 is 22.4 Å². The molecule has 2 aromatic rings. The van der Waals surface area contributed by atoms with Crippen LogP contribution in [0.5, 0.6) is 11.5 Å². The number of aromatic hydroxyl groups is 1. The molecule has 0 amide bonds. The van der Waals surface area contributed by atoms with Gasteiger partial charge in [-0.2, -0.15) is 0 Å². The van der Waals surface area contributed by atoms with Crippen LogP contribution in [0, 0.1) is 0 Å². The number of carbonyl (C=O) groups is 1. The number of rotatable bonds is 3. The zero-order valence-corrected chi connectivity index (χ0v) is 10.9. The van der Waals surface area contributed by atoms with Gasteiger partial charge in [-0.3, -0.25) is 0 Å². The predicted molar refractivity (Wildman–Crippen MR) is 75.6 cm³/mol. The van der Waals surface area contributed by atoms with Gasteiger partial charge in [0.05, 0.1) is 5.69 Å². The highest BCUT2D eigenvalue weighted by atomic mass is 16.5. The lowest BCUT2D eigenvalue weighted by atomic mass is 10.1. The number of ether oxygens (including phenoxy) is 1. The third-order valence-electron chi connectivity index (χ3n) is 2.79. The Bertz CT molecular complexity index is 662. The number of nitrogens with one attached hydrogen (secondary N) is 1. The van der Waals surface area contributed by atoms with Crippen LogP contribution in [0.25, 0.3) is 10.8 Å². The van der Waals surface area contributed by atoms with E-state index in [2.05, 4.69) is 11.9 Å². The van der Waals surface area contributed by atoms with E-state index in [4.69, 9.17) is 4.74 Å². The van der Waals surface area contributed by atoms with E-state index < -0.39 is 5.97 Å². The summed E-state index contributed by atoms with van der Waals surface area (Å²) in [7, 11) is 1.70. The number of anilines is 1. The molecule has 4 nitrogen and oxygen atoms in total. The van der Waals surface area contributed by atoms with Crippen molar-refractivity contribution in [3.8, 4) is 11.5 Å². The first-order chi connectivity index (χ1) is 9.04. The van der Waals surface area contributed by atoms with Crippen molar-refractivity contribution in [1.29, 1.82) is 0 Å². The minimum Gasteiger partial charge on any atom is -0.507 e. The van der Waals surface area contributed by atoms with Gasteiger partial charge < -0.3 is 15.2 Å². The summed E-state index contributed by atoms with van der Waals surface area (Å²) in [5.74, 6) is 0.0336. The number of esters is 1. The highest BCUT2D eigenvalue weighted by molar-refractivity contribution is 6.01. The lowest BCUT2D eigenvalue weighted by Gasteiger charge is -2.14. The molecule has 2 rings (SSSR count). The Morgan fingerprint density at radius 3 is 2.53 bits per heavy atom. The van der Waals surface area contributed by atoms with Crippen LogP contribution >= 0.6 is 0 Å². The number of hydrogen-bond acceptors (Lipinski definition) is 4. The second kappa shape index (κ2) is 5.02. The smallest absolute Gasteiger partial charge is 0.338 e. The quantitative estimate of drug-likeness (QED) is 0.504. The van der Waals surface area contributed by atoms with Crippen LogP contribution in [0.3, 0.4) is 0 Å². The maximum atomic E-state index is 11.7. The van der Waals surface area contributed by atoms with Crippen molar-refractivity contribution in [2.75, 3.05) is 12.4 Å². The Balaban J connectivity index is 2.66. The Morgan fingerprint density at radius 2 is 1.95 bits per heavy atom. The fraction of sp³-hybridized carbons (Fsp3) is 0.133. The average molecular weight is 257 g/mol. The molecule has 0 atom stereocenters. The molecule has 0 aliphatic carbocycles. The van der Waals surface area contributed by atoms with Crippen LogP contribution in [0.4, 0.5) is 5.69 Å². The normalized spacial score (nSPS) is 10.2. The first kappa shape index (κ1) is 13.0. The van der Waals surface area contributed by atoms with Crippen molar-refractivity contribution in [3.63, 3.8) is 0 Å². The zero-order valence-electron chi connectivity index (χ0n) is 10.9. The van der Waals surface area contributed by atoms with Crippen molar-refractivity contribution in [1.82, 2.24) is 0 Å². The molecular weight excluding hydrogens is 242 g/mol. The van der Waals surface area contributed by atoms with Gasteiger partial charge in [0.15, 0.2) is 5.75 Å². The Hall–Kier alpha value is -2.49. The van der Waals surface area contributed by atoms with Gasteiger partial charge >= 0.3 is 5.97 Å². The zero-order chi connectivity index (χ0) is 14.0. The van der Waals surface area contributed by atoms with Crippen molar-refractivity contribution < 1.29 is 14.6 Å². The summed E-state index contributed by atoms with van der Waals surface area (Å²) in [6.45, 7) is 5.15. The van der Waals surface area contributed by atoms with E-state index in [1.807, 2.05) is 12.1 Å². The summed E-state index contributed by atoms with van der Waals surface area (Å²) >= 11 is 0. The molecule has 0 aliphatic rings. The predicted octanol–water partition coefficient (Wildman–Crippen LogP) is 3.07. The molecule has 0 saturated carbocycles. The standard InChI is InChI=1S/C15H15NO3/c1-9(2)15(18)19-14-11-7-5-4-6-10(11)13(17)8-12(14)16-3/h4-8,16-17H,1H2,2-3H3. The van der Waals surface area contributed by atoms with E-state index in [1.165, 1.54) is 6.07 Å². The molecule has 4 heteroatoms. The SMILES string of the molecule is C=C(C)C(=O)Oc1c(NC)cc(O)c2ccccc12. The maximum Gasteiger partial charge on any atom is 0.338 e. The molecule has 2 aromatic carbocycles. The summed E-state index contributed by atoms with van der Waals surface area (Å²) in [5.41, 5.74) is 0.866. The number of hydrogen-bond donors (Lipinski definition) is 2. The minimum atomic E-state index is -0.493. The second-order valence-corrected chi connectivity index (χ2v) is 4.24. The van der Waals surface area contributed by atoms with E-state index in [9.17, 15) is 9.90 Å². The maximum absolute atomic E-state index is 11.7. The number of benzene rings is 2. The van der Waals surface area contributed by atoms with Crippen LogP contribution < -0.4 is 10.1 Å². The van der Waals surface area contributed by atoms with Crippen LogP contribution in [0.15, 0.2) is 42.5 Å². The molecule has 0 fully saturated rings. The van der Waals surface area contributed by atoms with Gasteiger partial charge in [0.2, 0.25) is 0 Å². The lowest BCUT2D eigenvalue weighted by Crippen LogP contribution is -2.10. The summed E-state index contributed by atoms with van der Waals surface area (Å²) in [5, 5.41) is 14.2. The Labute approximate surface area is 111 Å². The van der Waals surface area contributed by atoms with Gasteiger partial charge in [0.1, 0.15) is 5.75 Å². The highest BCUT2D eigenvalue weighted by Crippen LogP contribution is 2.39. The largest absolute Gasteiger partial charge is 0.507 e. The molecule has 19 heavy (non-hydrogen) atoms. The second-order valence-electron chi connectivity index (χ2n) is 4.24. The molecule has 0 spiro atoms. The van der Waals surface area contributed by atoms with E-state index in [-0.39, 0.29) is 5.75 Å². The van der Waals surface area contributed by atoms with E-state index in [0.717, 1.165) is 0 Å². The van der Waals surface area contributed by atoms with Crippen LogP contribution in [0.1, 0.15) is 6.92 Å². The summed E-state index contributed by atoms with van der Waals surface area (Å²) in [6.07, 6.45) is 0. The highest BCUT2D eigenvalue weighted by Gasteiger charge is 2.15. The first-order valence-electron chi connectivity index (χ1n) is 5.84. The van der Waals surface area contributed by atoms with Gasteiger partial charge in [-0.25, -0.2) is 4.79 Å². The molecule has 0 radical (unpaired) electrons. The summed E-state index contributed by atoms with van der Waals surface area (Å²) in [4.78, 5) is 11.7. The molecule has 0 saturated heterocycles. The van der Waals surface area contributed by atoms with Gasteiger partial charge in [-0.1, -0.05) is 30.8 Å². The third kappa shape index (κ3) is 2.38. The number of fused-ring (bicyclic) bond motifs is 1. The first-order valence-corrected chi connectivity index (χ1v) is 5.84. The van der Waals surface area contributed by atoms with Gasteiger partial charge in [0, 0.05) is 29.5 Å². The fourth-order valence-electron chi connectivity index (χ4n) is 1.81. The number of carbonyl (C=O) groups excluding carboxylic acids is 1. The van der Waals surface area contributed by atoms with Crippen LogP contribution in [-0.2, 0) is 4.79 Å². The van der Waals surface area contributed by atoms with Gasteiger partial charge in [-0.05, 0) is 6.92 Å². The van der Waals surface area contributed by atoms with Crippen LogP contribution in [0.2, 0.25) is 0 Å². The van der Waals surface area contributed by atoms with Crippen molar-refractivity contribution in [2.24, 2.45) is 0 Å². The molecular formula is C15H15NO3. The van der Waals surface area contributed by atoms with Crippen molar-refractivity contribution in [2.45, 2.75) is 6.92 Å². The van der Waals surface area contributed by atoms with E-state index in [0.29, 0.717) is 27.8 Å². The Morgan fingerprint density at radius 1 is 1.32 bits per heavy atom. The van der Waals surface area contributed by atoms with Crippen molar-refractivity contribution in [3.05, 3.63) is 42.5 Å². The summed E-state index contributed by atoms with van der Waals surface area (Å²) < 4.78 is 5.35. The molecule has 98 valence electrons. The lowest BCUT2D eigenvalue weighted by molar-refractivity contribution is -0.129. The fourth-order valence-corrected chi connectivity index (χ4v) is 1.81. The molecule has 2 N–H and O–H groups in total. The molecule has 0 heterocycles. The molecule has 0 unspecified atom stereocenters. The molecule has 0 bridgehead atoms. The summed E-state index contributed by atoms with van der Waals surface area (Å²) in [6, 6.07) is 8.72. The van der Waals surface area contributed by atoms with Gasteiger partial charge in [-0.15, -0.1) is 0 Å². The molecule has 0 aromatic heterocycles. The van der Waals surface area contributed by atoms with Gasteiger partial charge in [0.25, 0.3) is 0 Å².